The molecule has 2 heterocycles. The number of H-pyrrole nitrogens is 1. The summed E-state index contributed by atoms with van der Waals surface area (Å²) in [5.74, 6) is 0. The van der Waals surface area contributed by atoms with Crippen LogP contribution in [0.2, 0.25) is 0 Å². The molecule has 0 bridgehead atoms. The zero-order valence-electron chi connectivity index (χ0n) is 10.7. The van der Waals surface area contributed by atoms with E-state index in [1.807, 2.05) is 12.3 Å². The van der Waals surface area contributed by atoms with E-state index in [1.165, 1.54) is 0 Å². The first kappa shape index (κ1) is 12.7. The average molecular weight is 250 g/mol. The highest BCUT2D eigenvalue weighted by atomic mass is 16.5. The maximum absolute atomic E-state index is 5.01. The van der Waals surface area contributed by atoms with Crippen molar-refractivity contribution in [2.24, 2.45) is 0 Å². The van der Waals surface area contributed by atoms with E-state index in [1.54, 1.807) is 11.8 Å². The van der Waals surface area contributed by atoms with Gasteiger partial charge in [0, 0.05) is 13.7 Å². The Balaban J connectivity index is 1.93. The standard InChI is InChI=1S/C11H18N6O/c1-3-12-5-11-7-17(16-15-11)6-9-4-10(8-18-2)14-13-9/h4,7,12H,3,5-6,8H2,1-2H3,(H,13,14). The van der Waals surface area contributed by atoms with Crippen molar-refractivity contribution in [3.05, 3.63) is 29.3 Å². The number of rotatable bonds is 7. The Hall–Kier alpha value is -1.73. The molecule has 0 spiro atoms. The molecule has 0 aliphatic rings. The summed E-state index contributed by atoms with van der Waals surface area (Å²) in [6, 6.07) is 1.97. The number of ether oxygens (including phenoxy) is 1. The molecule has 0 fully saturated rings. The second kappa shape index (κ2) is 6.27. The molecule has 2 aromatic heterocycles. The van der Waals surface area contributed by atoms with Crippen molar-refractivity contribution in [1.82, 2.24) is 30.5 Å². The molecule has 0 saturated carbocycles. The summed E-state index contributed by atoms with van der Waals surface area (Å²) in [6.45, 7) is 4.88. The van der Waals surface area contributed by atoms with Crippen molar-refractivity contribution in [1.29, 1.82) is 0 Å². The van der Waals surface area contributed by atoms with E-state index >= 15 is 0 Å². The van der Waals surface area contributed by atoms with Crippen LogP contribution >= 0.6 is 0 Å². The highest BCUT2D eigenvalue weighted by molar-refractivity contribution is 5.08. The maximum atomic E-state index is 5.01. The van der Waals surface area contributed by atoms with Gasteiger partial charge in [-0.2, -0.15) is 5.10 Å². The molecule has 18 heavy (non-hydrogen) atoms. The minimum absolute atomic E-state index is 0.513. The fourth-order valence-corrected chi connectivity index (χ4v) is 1.64. The molecule has 2 rings (SSSR count). The zero-order chi connectivity index (χ0) is 12.8. The van der Waals surface area contributed by atoms with E-state index < -0.39 is 0 Å². The second-order valence-electron chi connectivity index (χ2n) is 4.01. The summed E-state index contributed by atoms with van der Waals surface area (Å²) >= 11 is 0. The normalized spacial score (nSPS) is 11.0. The Kier molecular flexibility index (Phi) is 4.43. The predicted octanol–water partition coefficient (Wildman–Crippen LogP) is 0.305. The number of hydrogen-bond acceptors (Lipinski definition) is 5. The lowest BCUT2D eigenvalue weighted by Gasteiger charge is -1.96. The van der Waals surface area contributed by atoms with E-state index in [9.17, 15) is 0 Å². The molecule has 0 aromatic carbocycles. The topological polar surface area (TPSA) is 80.6 Å². The summed E-state index contributed by atoms with van der Waals surface area (Å²) in [5.41, 5.74) is 2.82. The van der Waals surface area contributed by atoms with Crippen LogP contribution in [0.1, 0.15) is 24.0 Å². The molecule has 0 amide bonds. The summed E-state index contributed by atoms with van der Waals surface area (Å²) in [7, 11) is 1.65. The minimum Gasteiger partial charge on any atom is -0.378 e. The quantitative estimate of drug-likeness (QED) is 0.739. The lowest BCUT2D eigenvalue weighted by atomic mass is 10.3. The van der Waals surface area contributed by atoms with Gasteiger partial charge in [0.1, 0.15) is 0 Å². The number of nitrogens with one attached hydrogen (secondary N) is 2. The SMILES string of the molecule is CCNCc1cn(Cc2cc(COC)n[nH]2)nn1. The zero-order valence-corrected chi connectivity index (χ0v) is 10.7. The highest BCUT2D eigenvalue weighted by Gasteiger charge is 2.04. The molecule has 0 aliphatic heterocycles. The molecule has 0 radical (unpaired) electrons. The Morgan fingerprint density at radius 2 is 2.33 bits per heavy atom. The van der Waals surface area contributed by atoms with Gasteiger partial charge in [0.15, 0.2) is 0 Å². The van der Waals surface area contributed by atoms with E-state index in [4.69, 9.17) is 4.74 Å². The molecule has 0 aliphatic carbocycles. The van der Waals surface area contributed by atoms with Crippen LogP contribution in [0.3, 0.4) is 0 Å². The van der Waals surface area contributed by atoms with Crippen LogP contribution in [0.4, 0.5) is 0 Å². The van der Waals surface area contributed by atoms with Gasteiger partial charge in [0.25, 0.3) is 0 Å². The smallest absolute Gasteiger partial charge is 0.0964 e. The minimum atomic E-state index is 0.513. The molecule has 0 atom stereocenters. The second-order valence-corrected chi connectivity index (χ2v) is 4.01. The summed E-state index contributed by atoms with van der Waals surface area (Å²) in [4.78, 5) is 0. The van der Waals surface area contributed by atoms with Crippen molar-refractivity contribution < 1.29 is 4.74 Å². The van der Waals surface area contributed by atoms with Crippen LogP contribution < -0.4 is 5.32 Å². The van der Waals surface area contributed by atoms with Crippen molar-refractivity contribution in [3.63, 3.8) is 0 Å². The van der Waals surface area contributed by atoms with Crippen LogP contribution in [-0.4, -0.2) is 38.8 Å². The number of aromatic nitrogens is 5. The first-order valence-corrected chi connectivity index (χ1v) is 5.93. The van der Waals surface area contributed by atoms with E-state index in [2.05, 4.69) is 32.7 Å². The number of hydrogen-bond donors (Lipinski definition) is 2. The lowest BCUT2D eigenvalue weighted by Crippen LogP contribution is -2.11. The molecule has 2 N–H and O–H groups in total. The average Bonchev–Trinajstić information content (AvgIpc) is 2.98. The van der Waals surface area contributed by atoms with Gasteiger partial charge in [-0.15, -0.1) is 5.10 Å². The number of nitrogens with zero attached hydrogens (tertiary/aromatic N) is 4. The van der Waals surface area contributed by atoms with Gasteiger partial charge in [-0.25, -0.2) is 4.68 Å². The lowest BCUT2D eigenvalue weighted by molar-refractivity contribution is 0.181. The monoisotopic (exact) mass is 250 g/mol. The van der Waals surface area contributed by atoms with Crippen molar-refractivity contribution >= 4 is 0 Å². The predicted molar refractivity (Wildman–Crippen MR) is 65.8 cm³/mol. The first-order chi connectivity index (χ1) is 8.81. The van der Waals surface area contributed by atoms with Crippen LogP contribution in [-0.2, 0) is 24.4 Å². The maximum Gasteiger partial charge on any atom is 0.0964 e. The van der Waals surface area contributed by atoms with Gasteiger partial charge in [0.05, 0.1) is 36.4 Å². The molecule has 0 unspecified atom stereocenters. The fourth-order valence-electron chi connectivity index (χ4n) is 1.64. The Bertz CT molecular complexity index is 477. The van der Waals surface area contributed by atoms with Crippen LogP contribution in [0.25, 0.3) is 0 Å². The molecular weight excluding hydrogens is 232 g/mol. The van der Waals surface area contributed by atoms with E-state index in [-0.39, 0.29) is 0 Å². The van der Waals surface area contributed by atoms with E-state index in [0.717, 1.165) is 30.2 Å². The third kappa shape index (κ3) is 3.38. The van der Waals surface area contributed by atoms with Gasteiger partial charge in [0.2, 0.25) is 0 Å². The Morgan fingerprint density at radius 1 is 1.44 bits per heavy atom. The van der Waals surface area contributed by atoms with E-state index in [0.29, 0.717) is 13.2 Å². The number of methoxy groups -OCH3 is 1. The summed E-state index contributed by atoms with van der Waals surface area (Å²) in [6.07, 6.45) is 1.93. The molecule has 2 aromatic rings. The van der Waals surface area contributed by atoms with Gasteiger partial charge < -0.3 is 10.1 Å². The van der Waals surface area contributed by atoms with Crippen molar-refractivity contribution in [3.8, 4) is 0 Å². The summed E-state index contributed by atoms with van der Waals surface area (Å²) in [5, 5.41) is 18.5. The molecular formula is C11H18N6O. The van der Waals surface area contributed by atoms with Gasteiger partial charge in [-0.3, -0.25) is 5.10 Å². The third-order valence-corrected chi connectivity index (χ3v) is 2.45. The molecule has 7 nitrogen and oxygen atoms in total. The number of aromatic amines is 1. The van der Waals surface area contributed by atoms with Gasteiger partial charge in [-0.05, 0) is 12.6 Å². The Labute approximate surface area is 106 Å². The highest BCUT2D eigenvalue weighted by Crippen LogP contribution is 2.03. The molecule has 0 saturated heterocycles. The molecule has 98 valence electrons. The van der Waals surface area contributed by atoms with Crippen LogP contribution in [0, 0.1) is 0 Å². The van der Waals surface area contributed by atoms with Crippen LogP contribution in [0.5, 0.6) is 0 Å². The summed E-state index contributed by atoms with van der Waals surface area (Å²) < 4.78 is 6.80. The van der Waals surface area contributed by atoms with Crippen molar-refractivity contribution in [2.45, 2.75) is 26.6 Å². The fraction of sp³-hybridized carbons (Fsp3) is 0.545. The molecule has 7 heteroatoms. The van der Waals surface area contributed by atoms with Crippen LogP contribution in [0.15, 0.2) is 12.3 Å². The first-order valence-electron chi connectivity index (χ1n) is 5.93. The third-order valence-electron chi connectivity index (χ3n) is 2.45. The largest absolute Gasteiger partial charge is 0.378 e. The van der Waals surface area contributed by atoms with Crippen molar-refractivity contribution in [2.75, 3.05) is 13.7 Å². The Morgan fingerprint density at radius 3 is 3.11 bits per heavy atom. The van der Waals surface area contributed by atoms with Gasteiger partial charge >= 0.3 is 0 Å². The van der Waals surface area contributed by atoms with Gasteiger partial charge in [-0.1, -0.05) is 12.1 Å².